The maximum atomic E-state index is 11.7. The van der Waals surface area contributed by atoms with Gasteiger partial charge in [0, 0.05) is 30.5 Å². The molecule has 0 aliphatic carbocycles. The predicted molar refractivity (Wildman–Crippen MR) is 93.7 cm³/mol. The smallest absolute Gasteiger partial charge is 0.252 e. The van der Waals surface area contributed by atoms with Crippen LogP contribution in [0, 0.1) is 5.92 Å². The third-order valence-electron chi connectivity index (χ3n) is 4.27. The zero-order valence-corrected chi connectivity index (χ0v) is 14.7. The van der Waals surface area contributed by atoms with E-state index in [-0.39, 0.29) is 11.8 Å². The van der Waals surface area contributed by atoms with E-state index in [1.54, 1.807) is 11.4 Å². The van der Waals surface area contributed by atoms with Crippen LogP contribution >= 0.6 is 11.3 Å². The number of carbonyl (C=O) groups is 2. The van der Waals surface area contributed by atoms with Gasteiger partial charge in [-0.2, -0.15) is 11.3 Å². The van der Waals surface area contributed by atoms with Gasteiger partial charge in [0.05, 0.1) is 0 Å². The lowest BCUT2D eigenvalue weighted by Gasteiger charge is -2.30. The number of hydrogen-bond donors (Lipinski definition) is 2. The summed E-state index contributed by atoms with van der Waals surface area (Å²) in [6.45, 7) is 6.83. The average Bonchev–Trinajstić information content (AvgIpc) is 3.08. The zero-order chi connectivity index (χ0) is 16.5. The second kappa shape index (κ2) is 9.67. The maximum Gasteiger partial charge on any atom is 0.252 e. The van der Waals surface area contributed by atoms with Crippen molar-refractivity contribution in [3.05, 3.63) is 22.4 Å². The monoisotopic (exact) mass is 337 g/mol. The molecule has 6 heteroatoms. The lowest BCUT2D eigenvalue weighted by atomic mass is 9.99. The molecule has 1 fully saturated rings. The minimum Gasteiger partial charge on any atom is -0.356 e. The van der Waals surface area contributed by atoms with Gasteiger partial charge in [0.2, 0.25) is 5.91 Å². The molecule has 0 radical (unpaired) electrons. The lowest BCUT2D eigenvalue weighted by Crippen LogP contribution is -2.36. The second-order valence-corrected chi connectivity index (χ2v) is 7.03. The molecular formula is C17H27N3O2S. The highest BCUT2D eigenvalue weighted by molar-refractivity contribution is 7.08. The first kappa shape index (κ1) is 17.9. The van der Waals surface area contributed by atoms with Crippen molar-refractivity contribution in [2.45, 2.75) is 32.6 Å². The summed E-state index contributed by atoms with van der Waals surface area (Å²) in [5.74, 6) is 0.747. The average molecular weight is 337 g/mol. The van der Waals surface area contributed by atoms with Crippen LogP contribution in [-0.4, -0.2) is 49.4 Å². The molecule has 0 bridgehead atoms. The van der Waals surface area contributed by atoms with Crippen molar-refractivity contribution in [3.63, 3.8) is 0 Å². The second-order valence-electron chi connectivity index (χ2n) is 6.25. The van der Waals surface area contributed by atoms with E-state index in [9.17, 15) is 9.59 Å². The Kier molecular flexibility index (Phi) is 7.55. The fraction of sp³-hybridized carbons (Fsp3) is 0.647. The van der Waals surface area contributed by atoms with Crippen LogP contribution in [-0.2, 0) is 4.79 Å². The Labute approximate surface area is 142 Å². The molecule has 5 nitrogen and oxygen atoms in total. The van der Waals surface area contributed by atoms with Crippen molar-refractivity contribution in [1.29, 1.82) is 0 Å². The Morgan fingerprint density at radius 3 is 2.74 bits per heavy atom. The van der Waals surface area contributed by atoms with E-state index in [1.807, 2.05) is 5.38 Å². The summed E-state index contributed by atoms with van der Waals surface area (Å²) in [5.41, 5.74) is 0.659. The SMILES string of the molecule is CC1CCN(CCCNC(=O)CCNC(=O)c2ccsc2)CC1. The number of amides is 2. The standard InChI is InChI=1S/C17H27N3O2S/c1-14-4-10-20(11-5-14)9-2-7-18-16(21)3-8-19-17(22)15-6-12-23-13-15/h6,12-14H,2-5,7-11H2,1H3,(H,18,21)(H,19,22). The van der Waals surface area contributed by atoms with Gasteiger partial charge in [-0.05, 0) is 56.3 Å². The van der Waals surface area contributed by atoms with Crippen molar-refractivity contribution >= 4 is 23.2 Å². The van der Waals surface area contributed by atoms with Crippen LogP contribution < -0.4 is 10.6 Å². The number of thiophene rings is 1. The molecule has 2 amide bonds. The molecule has 2 N–H and O–H groups in total. The fourth-order valence-corrected chi connectivity index (χ4v) is 3.33. The van der Waals surface area contributed by atoms with Crippen molar-refractivity contribution < 1.29 is 9.59 Å². The first-order chi connectivity index (χ1) is 11.1. The van der Waals surface area contributed by atoms with Crippen molar-refractivity contribution in [2.75, 3.05) is 32.7 Å². The van der Waals surface area contributed by atoms with Crippen LogP contribution in [0.5, 0.6) is 0 Å². The van der Waals surface area contributed by atoms with Crippen molar-refractivity contribution in [3.8, 4) is 0 Å². The highest BCUT2D eigenvalue weighted by atomic mass is 32.1. The van der Waals surface area contributed by atoms with Crippen LogP contribution in [0.3, 0.4) is 0 Å². The summed E-state index contributed by atoms with van der Waals surface area (Å²) in [7, 11) is 0. The van der Waals surface area contributed by atoms with E-state index in [1.165, 1.54) is 37.3 Å². The normalized spacial score (nSPS) is 16.2. The number of piperidine rings is 1. The van der Waals surface area contributed by atoms with Crippen LogP contribution in [0.1, 0.15) is 43.0 Å². The summed E-state index contributed by atoms with van der Waals surface area (Å²) in [5, 5.41) is 9.35. The molecule has 1 saturated heterocycles. The topological polar surface area (TPSA) is 61.4 Å². The number of carbonyl (C=O) groups excluding carboxylic acids is 2. The summed E-state index contributed by atoms with van der Waals surface area (Å²) in [4.78, 5) is 25.9. The van der Waals surface area contributed by atoms with Gasteiger partial charge in [-0.1, -0.05) is 6.92 Å². The van der Waals surface area contributed by atoms with Crippen molar-refractivity contribution in [2.24, 2.45) is 5.92 Å². The summed E-state index contributed by atoms with van der Waals surface area (Å²) >= 11 is 1.49. The number of nitrogens with zero attached hydrogens (tertiary/aromatic N) is 1. The van der Waals surface area contributed by atoms with Crippen LogP contribution in [0.2, 0.25) is 0 Å². The minimum atomic E-state index is -0.113. The Hall–Kier alpha value is -1.40. The molecule has 0 saturated carbocycles. The molecule has 1 aliphatic heterocycles. The van der Waals surface area contributed by atoms with E-state index in [4.69, 9.17) is 0 Å². The first-order valence-corrected chi connectivity index (χ1v) is 9.39. The molecule has 0 unspecified atom stereocenters. The molecule has 1 aromatic rings. The van der Waals surface area contributed by atoms with Gasteiger partial charge in [0.25, 0.3) is 5.91 Å². The Morgan fingerprint density at radius 1 is 1.26 bits per heavy atom. The number of rotatable bonds is 8. The molecule has 128 valence electrons. The van der Waals surface area contributed by atoms with E-state index < -0.39 is 0 Å². The number of likely N-dealkylation sites (tertiary alicyclic amines) is 1. The van der Waals surface area contributed by atoms with Crippen LogP contribution in [0.4, 0.5) is 0 Å². The maximum absolute atomic E-state index is 11.7. The van der Waals surface area contributed by atoms with Crippen LogP contribution in [0.25, 0.3) is 0 Å². The number of hydrogen-bond acceptors (Lipinski definition) is 4. The Balaban J connectivity index is 1.48. The molecular weight excluding hydrogens is 310 g/mol. The van der Waals surface area contributed by atoms with Gasteiger partial charge in [-0.3, -0.25) is 9.59 Å². The van der Waals surface area contributed by atoms with Gasteiger partial charge < -0.3 is 15.5 Å². The largest absolute Gasteiger partial charge is 0.356 e. The Morgan fingerprint density at radius 2 is 2.04 bits per heavy atom. The van der Waals surface area contributed by atoms with Crippen LogP contribution in [0.15, 0.2) is 16.8 Å². The quantitative estimate of drug-likeness (QED) is 0.714. The van der Waals surface area contributed by atoms with E-state index in [0.717, 1.165) is 18.9 Å². The summed E-state index contributed by atoms with van der Waals surface area (Å²) in [6, 6.07) is 1.78. The summed E-state index contributed by atoms with van der Waals surface area (Å²) in [6.07, 6.45) is 3.89. The third-order valence-corrected chi connectivity index (χ3v) is 4.95. The predicted octanol–water partition coefficient (Wildman–Crippen LogP) is 2.11. The molecule has 1 aromatic heterocycles. The zero-order valence-electron chi connectivity index (χ0n) is 13.8. The van der Waals surface area contributed by atoms with Gasteiger partial charge >= 0.3 is 0 Å². The molecule has 2 rings (SSSR count). The molecule has 2 heterocycles. The van der Waals surface area contributed by atoms with E-state index >= 15 is 0 Å². The highest BCUT2D eigenvalue weighted by Crippen LogP contribution is 2.15. The van der Waals surface area contributed by atoms with Gasteiger partial charge in [-0.25, -0.2) is 0 Å². The Bertz CT molecular complexity index is 482. The van der Waals surface area contributed by atoms with Gasteiger partial charge in [-0.15, -0.1) is 0 Å². The molecule has 0 spiro atoms. The van der Waals surface area contributed by atoms with Crippen molar-refractivity contribution in [1.82, 2.24) is 15.5 Å². The summed E-state index contributed by atoms with van der Waals surface area (Å²) < 4.78 is 0. The van der Waals surface area contributed by atoms with E-state index in [0.29, 0.717) is 25.1 Å². The fourth-order valence-electron chi connectivity index (χ4n) is 2.69. The molecule has 0 atom stereocenters. The van der Waals surface area contributed by atoms with E-state index in [2.05, 4.69) is 22.5 Å². The molecule has 1 aliphatic rings. The minimum absolute atomic E-state index is 0.00267. The molecule has 0 aromatic carbocycles. The first-order valence-electron chi connectivity index (χ1n) is 8.44. The highest BCUT2D eigenvalue weighted by Gasteiger charge is 2.14. The third kappa shape index (κ3) is 6.71. The molecule has 23 heavy (non-hydrogen) atoms. The lowest BCUT2D eigenvalue weighted by molar-refractivity contribution is -0.120. The van der Waals surface area contributed by atoms with Gasteiger partial charge in [0.15, 0.2) is 0 Å². The van der Waals surface area contributed by atoms with Gasteiger partial charge in [0.1, 0.15) is 0 Å². The number of nitrogens with one attached hydrogen (secondary N) is 2.